The first-order chi connectivity index (χ1) is 19.3. The van der Waals surface area contributed by atoms with E-state index in [-0.39, 0.29) is 21.2 Å². The van der Waals surface area contributed by atoms with Crippen LogP contribution in [0.2, 0.25) is 0 Å². The van der Waals surface area contributed by atoms with Gasteiger partial charge in [-0.1, -0.05) is 35.5 Å². The number of halogens is 3. The van der Waals surface area contributed by atoms with E-state index < -0.39 is 57.2 Å². The van der Waals surface area contributed by atoms with Gasteiger partial charge in [0, 0.05) is 19.7 Å². The Kier molecular flexibility index (Phi) is 7.38. The molecule has 2 aromatic heterocycles. The number of hydrogen-bond donors (Lipinski definition) is 3. The number of nitrogens with zero attached hydrogens (tertiary/aromatic N) is 1. The molecule has 4 atom stereocenters. The van der Waals surface area contributed by atoms with Gasteiger partial charge in [0.25, 0.3) is 10.0 Å². The number of carbonyl (C=O) groups excluding carboxylic acids is 1. The fraction of sp³-hybridized carbons (Fsp3) is 0.400. The molecule has 3 N–H and O–H groups in total. The van der Waals surface area contributed by atoms with Gasteiger partial charge in [0.15, 0.2) is 0 Å². The third kappa shape index (κ3) is 5.09. The lowest BCUT2D eigenvalue weighted by Gasteiger charge is -2.34. The normalized spacial score (nSPS) is 25.0. The predicted octanol–water partition coefficient (Wildman–Crippen LogP) is 3.77. The molecule has 1 aliphatic carbocycles. The molecular weight excluding hydrogens is 591 g/mol. The third-order valence-electron chi connectivity index (χ3n) is 7.26. The predicted molar refractivity (Wildman–Crippen MR) is 137 cm³/mol. The van der Waals surface area contributed by atoms with Gasteiger partial charge in [-0.05, 0) is 37.0 Å². The van der Waals surface area contributed by atoms with E-state index >= 15 is 0 Å². The van der Waals surface area contributed by atoms with E-state index in [4.69, 9.17) is 9.47 Å². The van der Waals surface area contributed by atoms with Crippen LogP contribution in [-0.2, 0) is 35.9 Å². The van der Waals surface area contributed by atoms with Crippen molar-refractivity contribution in [3.8, 4) is 10.6 Å². The maximum atomic E-state index is 13.6. The van der Waals surface area contributed by atoms with Crippen LogP contribution >= 0.6 is 11.3 Å². The van der Waals surface area contributed by atoms with Gasteiger partial charge < -0.3 is 24.4 Å². The number of benzene rings is 1. The molecule has 1 saturated carbocycles. The van der Waals surface area contributed by atoms with Crippen molar-refractivity contribution in [2.45, 2.75) is 52.8 Å². The minimum Gasteiger partial charge on any atom is -0.480 e. The quantitative estimate of drug-likeness (QED) is 0.326. The minimum absolute atomic E-state index is 0.0549. The van der Waals surface area contributed by atoms with E-state index in [0.29, 0.717) is 42.4 Å². The lowest BCUT2D eigenvalue weighted by atomic mass is 9.82. The number of carboxylic acids is 1. The monoisotopic (exact) mass is 615 g/mol. The highest BCUT2D eigenvalue weighted by Gasteiger charge is 2.80. The van der Waals surface area contributed by atoms with E-state index in [2.05, 4.69) is 19.7 Å². The van der Waals surface area contributed by atoms with Crippen molar-refractivity contribution in [1.29, 1.82) is 0 Å². The molecule has 16 heteroatoms. The molecule has 1 saturated heterocycles. The molecule has 3 heterocycles. The molecule has 2 aliphatic rings. The number of rotatable bonds is 9. The van der Waals surface area contributed by atoms with Crippen LogP contribution in [0.3, 0.4) is 0 Å². The number of alkyl halides is 3. The van der Waals surface area contributed by atoms with Crippen LogP contribution < -0.4 is 10.0 Å². The average Bonchev–Trinajstić information content (AvgIpc) is 3.49. The van der Waals surface area contributed by atoms with Crippen molar-refractivity contribution in [1.82, 2.24) is 15.2 Å². The van der Waals surface area contributed by atoms with E-state index in [1.807, 2.05) is 0 Å². The van der Waals surface area contributed by atoms with Gasteiger partial charge in [-0.3, -0.25) is 4.79 Å². The number of ether oxygens (including phenoxy) is 2. The summed E-state index contributed by atoms with van der Waals surface area (Å²) >= 11 is 0.588. The summed E-state index contributed by atoms with van der Waals surface area (Å²) in [6.45, 7) is 0.352. The maximum absolute atomic E-state index is 13.6. The Balaban J connectivity index is 1.54. The SMILES string of the molecule is CNC(=O)OC([C@H]1CCCO1)[C@@]1(c2ccccc2)C[C@]1(NS(=O)(=O)c1ccc(-c2cc(C(F)(F)F)on2)s1)C(=O)O. The summed E-state index contributed by atoms with van der Waals surface area (Å²) in [5, 5.41) is 16.2. The molecule has 3 aromatic rings. The lowest BCUT2D eigenvalue weighted by molar-refractivity contribution is -0.155. The van der Waals surface area contributed by atoms with E-state index in [1.54, 1.807) is 30.3 Å². The molecule has 11 nitrogen and oxygen atoms in total. The molecule has 1 unspecified atom stereocenters. The van der Waals surface area contributed by atoms with Crippen molar-refractivity contribution in [3.05, 3.63) is 59.9 Å². The fourth-order valence-electron chi connectivity index (χ4n) is 5.32. The summed E-state index contributed by atoms with van der Waals surface area (Å²) in [4.78, 5) is 25.4. The van der Waals surface area contributed by atoms with Crippen molar-refractivity contribution in [2.75, 3.05) is 13.7 Å². The van der Waals surface area contributed by atoms with Gasteiger partial charge in [0.2, 0.25) is 5.76 Å². The zero-order valence-electron chi connectivity index (χ0n) is 21.3. The third-order valence-corrected chi connectivity index (χ3v) is 10.4. The molecule has 5 rings (SSSR count). The molecule has 2 fully saturated rings. The zero-order valence-corrected chi connectivity index (χ0v) is 22.9. The number of thiophene rings is 1. The number of carbonyl (C=O) groups is 2. The zero-order chi connectivity index (χ0) is 29.6. The van der Waals surface area contributed by atoms with Crippen molar-refractivity contribution in [2.24, 2.45) is 0 Å². The fourth-order valence-corrected chi connectivity index (χ4v) is 7.99. The van der Waals surface area contributed by atoms with Gasteiger partial charge in [-0.25, -0.2) is 13.2 Å². The highest BCUT2D eigenvalue weighted by Crippen LogP contribution is 2.63. The van der Waals surface area contributed by atoms with E-state index in [9.17, 15) is 36.3 Å². The molecule has 0 radical (unpaired) electrons. The number of aliphatic carboxylic acids is 1. The van der Waals surface area contributed by atoms with Crippen LogP contribution in [0.15, 0.2) is 57.3 Å². The highest BCUT2D eigenvalue weighted by atomic mass is 32.2. The largest absolute Gasteiger partial charge is 0.480 e. The Morgan fingerprint density at radius 1 is 1.22 bits per heavy atom. The molecule has 220 valence electrons. The second-order valence-electron chi connectivity index (χ2n) is 9.65. The number of nitrogens with one attached hydrogen (secondary N) is 2. The first-order valence-corrected chi connectivity index (χ1v) is 14.6. The van der Waals surface area contributed by atoms with Gasteiger partial charge >= 0.3 is 18.2 Å². The van der Waals surface area contributed by atoms with Gasteiger partial charge in [-0.2, -0.15) is 17.9 Å². The Morgan fingerprint density at radius 2 is 1.95 bits per heavy atom. The molecule has 1 aromatic carbocycles. The first-order valence-electron chi connectivity index (χ1n) is 12.3. The van der Waals surface area contributed by atoms with Crippen LogP contribution in [0.5, 0.6) is 0 Å². The molecule has 1 amide bonds. The van der Waals surface area contributed by atoms with Crippen molar-refractivity contribution >= 4 is 33.4 Å². The number of aromatic nitrogens is 1. The first kappa shape index (κ1) is 29.0. The van der Waals surface area contributed by atoms with Crippen LogP contribution in [0.4, 0.5) is 18.0 Å². The van der Waals surface area contributed by atoms with Crippen LogP contribution in [0.1, 0.15) is 30.6 Å². The second-order valence-corrected chi connectivity index (χ2v) is 12.6. The van der Waals surface area contributed by atoms with Crippen molar-refractivity contribution < 1.29 is 50.3 Å². The number of carboxylic acid groups (broad SMARTS) is 1. The van der Waals surface area contributed by atoms with Crippen LogP contribution in [0.25, 0.3) is 10.6 Å². The number of sulfonamides is 1. The molecule has 0 spiro atoms. The summed E-state index contributed by atoms with van der Waals surface area (Å²) in [5.74, 6) is -2.85. The summed E-state index contributed by atoms with van der Waals surface area (Å²) in [7, 11) is -3.23. The van der Waals surface area contributed by atoms with Crippen LogP contribution in [0, 0.1) is 0 Å². The van der Waals surface area contributed by atoms with Crippen molar-refractivity contribution in [3.63, 3.8) is 0 Å². The van der Waals surface area contributed by atoms with Gasteiger partial charge in [0.05, 0.1) is 16.4 Å². The molecular formula is C25H24F3N3O8S2. The number of alkyl carbamates (subject to hydrolysis) is 1. The van der Waals surface area contributed by atoms with Gasteiger partial charge in [0.1, 0.15) is 21.5 Å². The number of amides is 1. The summed E-state index contributed by atoms with van der Waals surface area (Å²) < 4.78 is 83.8. The summed E-state index contributed by atoms with van der Waals surface area (Å²) in [5.41, 5.74) is -3.52. The lowest BCUT2D eigenvalue weighted by Crippen LogP contribution is -2.55. The topological polar surface area (TPSA) is 157 Å². The maximum Gasteiger partial charge on any atom is 0.452 e. The average molecular weight is 616 g/mol. The Bertz CT molecular complexity index is 1550. The standard InChI is InChI=1S/C25H24F3N3O8S2/c1-29-22(34)38-20(16-8-5-11-37-16)23(14-6-3-2-4-7-14)13-24(23,21(32)33)31-41(35,36)19-10-9-17(40-19)15-12-18(39-30-15)25(26,27)28/h2-4,6-7,9-10,12,16,20,31H,5,8,11,13H2,1H3,(H,29,34)(H,32,33)/t16-,20?,23+,24+/m1/s1. The smallest absolute Gasteiger partial charge is 0.452 e. The minimum atomic E-state index is -4.78. The number of hydrogen-bond acceptors (Lipinski definition) is 9. The Hall–Kier alpha value is -3.47. The van der Waals surface area contributed by atoms with E-state index in [0.717, 1.165) is 6.07 Å². The van der Waals surface area contributed by atoms with E-state index in [1.165, 1.54) is 13.1 Å². The Labute approximate surface area is 235 Å². The van der Waals surface area contributed by atoms with Gasteiger partial charge in [-0.15, -0.1) is 11.3 Å². The summed E-state index contributed by atoms with van der Waals surface area (Å²) in [6, 6.07) is 11.3. The summed E-state index contributed by atoms with van der Waals surface area (Å²) in [6.07, 6.45) is -6.70. The Morgan fingerprint density at radius 3 is 2.54 bits per heavy atom. The van der Waals surface area contributed by atoms with Crippen LogP contribution in [-0.4, -0.2) is 62.1 Å². The molecule has 41 heavy (non-hydrogen) atoms. The second kappa shape index (κ2) is 10.4. The molecule has 0 bridgehead atoms. The highest BCUT2D eigenvalue weighted by molar-refractivity contribution is 7.91. The molecule has 1 aliphatic heterocycles.